The molecule has 5 N–H and O–H groups in total. The number of rotatable bonds is 2. The van der Waals surface area contributed by atoms with E-state index in [1.807, 2.05) is 0 Å². The molecule has 0 atom stereocenters. The number of amidine groups is 1. The highest BCUT2D eigenvalue weighted by Gasteiger charge is 2.05. The van der Waals surface area contributed by atoms with Gasteiger partial charge in [0.05, 0.1) is 5.69 Å². The van der Waals surface area contributed by atoms with Crippen LogP contribution < -0.4 is 17.0 Å². The van der Waals surface area contributed by atoms with E-state index < -0.39 is 0 Å². The van der Waals surface area contributed by atoms with Crippen LogP contribution in [0.1, 0.15) is 5.69 Å². The maximum Gasteiger partial charge on any atom is 0.258 e. The van der Waals surface area contributed by atoms with Crippen LogP contribution >= 0.6 is 27.7 Å². The van der Waals surface area contributed by atoms with Crippen molar-refractivity contribution in [2.24, 2.45) is 16.5 Å². The molecule has 2 rings (SSSR count). The largest absolute Gasteiger partial charge is 0.370 e. The van der Waals surface area contributed by atoms with Gasteiger partial charge in [-0.15, -0.1) is 0 Å². The van der Waals surface area contributed by atoms with Gasteiger partial charge in [0.2, 0.25) is 0 Å². The molecule has 2 aromatic heterocycles. The van der Waals surface area contributed by atoms with Crippen molar-refractivity contribution in [3.63, 3.8) is 0 Å². The molecule has 0 amide bonds. The number of aromatic nitrogens is 2. The fourth-order valence-electron chi connectivity index (χ4n) is 1.49. The SMILES string of the molecule is N=C(N=C(N)N)SCc1cc(=O)n2cc(Br)ccc2n1. The van der Waals surface area contributed by atoms with Crippen LogP contribution in [-0.4, -0.2) is 20.5 Å². The van der Waals surface area contributed by atoms with Crippen LogP contribution in [0.25, 0.3) is 5.65 Å². The van der Waals surface area contributed by atoms with E-state index in [-0.39, 0.29) is 16.7 Å². The minimum absolute atomic E-state index is 0.0252. The van der Waals surface area contributed by atoms with Crippen molar-refractivity contribution in [1.82, 2.24) is 9.38 Å². The van der Waals surface area contributed by atoms with E-state index in [0.29, 0.717) is 17.1 Å². The monoisotopic (exact) mass is 354 g/mol. The highest BCUT2D eigenvalue weighted by atomic mass is 79.9. The van der Waals surface area contributed by atoms with Gasteiger partial charge in [0.15, 0.2) is 11.1 Å². The van der Waals surface area contributed by atoms with E-state index in [9.17, 15) is 4.79 Å². The second-order valence-corrected chi connectivity index (χ2v) is 5.67. The van der Waals surface area contributed by atoms with Crippen molar-refractivity contribution in [2.75, 3.05) is 0 Å². The van der Waals surface area contributed by atoms with Crippen molar-refractivity contribution in [2.45, 2.75) is 5.75 Å². The lowest BCUT2D eigenvalue weighted by atomic mass is 10.4. The standard InChI is InChI=1S/C11H11BrN6OS/c12-6-1-2-8-16-7(3-9(19)18(8)4-6)5-20-11(15)17-10(13)14/h1-4H,5H2,(H5,13,14,15,17). The second-order valence-electron chi connectivity index (χ2n) is 3.79. The van der Waals surface area contributed by atoms with Gasteiger partial charge < -0.3 is 11.5 Å². The van der Waals surface area contributed by atoms with Crippen molar-refractivity contribution in [3.05, 3.63) is 44.9 Å². The first kappa shape index (κ1) is 14.5. The molecule has 0 unspecified atom stereocenters. The van der Waals surface area contributed by atoms with Crippen LogP contribution in [0, 0.1) is 5.41 Å². The smallest absolute Gasteiger partial charge is 0.258 e. The molecule has 0 bridgehead atoms. The number of hydrogen-bond donors (Lipinski definition) is 3. The Balaban J connectivity index is 2.24. The molecule has 0 saturated carbocycles. The van der Waals surface area contributed by atoms with Crippen molar-refractivity contribution in [1.29, 1.82) is 5.41 Å². The predicted octanol–water partition coefficient (Wildman–Crippen LogP) is 0.898. The zero-order valence-corrected chi connectivity index (χ0v) is 12.6. The Morgan fingerprint density at radius 2 is 2.25 bits per heavy atom. The van der Waals surface area contributed by atoms with Crippen molar-refractivity contribution in [3.8, 4) is 0 Å². The summed E-state index contributed by atoms with van der Waals surface area (Å²) in [7, 11) is 0. The number of nitrogens with zero attached hydrogens (tertiary/aromatic N) is 3. The van der Waals surface area contributed by atoms with E-state index in [0.717, 1.165) is 16.2 Å². The number of aliphatic imine (C=N–C) groups is 1. The van der Waals surface area contributed by atoms with Crippen LogP contribution in [0.15, 0.2) is 38.7 Å². The van der Waals surface area contributed by atoms with E-state index in [1.165, 1.54) is 10.5 Å². The maximum atomic E-state index is 11.9. The van der Waals surface area contributed by atoms with Crippen LogP contribution in [0.5, 0.6) is 0 Å². The summed E-state index contributed by atoms with van der Waals surface area (Å²) in [6, 6.07) is 4.97. The number of thioether (sulfide) groups is 1. The first-order valence-corrected chi connectivity index (χ1v) is 7.22. The normalized spacial score (nSPS) is 10.4. The highest BCUT2D eigenvalue weighted by Crippen LogP contribution is 2.13. The molecule has 0 aliphatic rings. The fourth-order valence-corrected chi connectivity index (χ4v) is 2.43. The Labute approximate surface area is 126 Å². The van der Waals surface area contributed by atoms with Crippen LogP contribution in [0.2, 0.25) is 0 Å². The van der Waals surface area contributed by atoms with Crippen LogP contribution in [-0.2, 0) is 5.75 Å². The Morgan fingerprint density at radius 1 is 1.50 bits per heavy atom. The van der Waals surface area contributed by atoms with Crippen molar-refractivity contribution < 1.29 is 0 Å². The van der Waals surface area contributed by atoms with E-state index in [1.54, 1.807) is 18.3 Å². The molecule has 9 heteroatoms. The first-order valence-electron chi connectivity index (χ1n) is 5.44. The molecule has 104 valence electrons. The van der Waals surface area contributed by atoms with Gasteiger partial charge in [-0.3, -0.25) is 14.6 Å². The summed E-state index contributed by atoms with van der Waals surface area (Å²) in [5.41, 5.74) is 11.3. The number of guanidine groups is 1. The summed E-state index contributed by atoms with van der Waals surface area (Å²) in [5, 5.41) is 7.49. The quantitative estimate of drug-likeness (QED) is 0.546. The Kier molecular flexibility index (Phi) is 4.40. The van der Waals surface area contributed by atoms with E-state index in [4.69, 9.17) is 16.9 Å². The lowest BCUT2D eigenvalue weighted by Crippen LogP contribution is -2.23. The van der Waals surface area contributed by atoms with E-state index in [2.05, 4.69) is 25.9 Å². The molecule has 20 heavy (non-hydrogen) atoms. The summed E-state index contributed by atoms with van der Waals surface area (Å²) >= 11 is 4.39. The first-order chi connectivity index (χ1) is 9.45. The molecule has 0 aromatic carbocycles. The third-order valence-electron chi connectivity index (χ3n) is 2.26. The average Bonchev–Trinajstić information content (AvgIpc) is 2.36. The van der Waals surface area contributed by atoms with Crippen molar-refractivity contribution >= 4 is 44.5 Å². The zero-order valence-electron chi connectivity index (χ0n) is 10.2. The average molecular weight is 355 g/mol. The molecule has 2 aromatic rings. The molecule has 2 heterocycles. The lowest BCUT2D eigenvalue weighted by Gasteiger charge is -2.04. The summed E-state index contributed by atoms with van der Waals surface area (Å²) < 4.78 is 2.24. The topological polar surface area (TPSA) is 123 Å². The molecular formula is C11H11BrN6OS. The number of nitrogens with two attached hydrogens (primary N) is 2. The molecule has 0 spiro atoms. The zero-order chi connectivity index (χ0) is 14.7. The number of hydrogen-bond acceptors (Lipinski definition) is 4. The second kappa shape index (κ2) is 6.06. The van der Waals surface area contributed by atoms with Gasteiger partial charge in [-0.2, -0.15) is 4.99 Å². The van der Waals surface area contributed by atoms with Gasteiger partial charge in [-0.1, -0.05) is 11.8 Å². The Bertz CT molecular complexity index is 752. The molecular weight excluding hydrogens is 344 g/mol. The minimum atomic E-state index is -0.180. The molecule has 0 fully saturated rings. The number of nitrogens with one attached hydrogen (secondary N) is 1. The van der Waals surface area contributed by atoms with Gasteiger partial charge in [-0.25, -0.2) is 4.98 Å². The third-order valence-corrected chi connectivity index (χ3v) is 3.54. The summed E-state index contributed by atoms with van der Waals surface area (Å²) in [6.07, 6.45) is 1.66. The fraction of sp³-hybridized carbons (Fsp3) is 0.0909. The molecule has 0 aliphatic heterocycles. The number of pyridine rings is 1. The van der Waals surface area contributed by atoms with Crippen LogP contribution in [0.4, 0.5) is 0 Å². The summed E-state index contributed by atoms with van der Waals surface area (Å²) in [6.45, 7) is 0. The lowest BCUT2D eigenvalue weighted by molar-refractivity contribution is 1.01. The summed E-state index contributed by atoms with van der Waals surface area (Å²) in [4.78, 5) is 19.9. The molecule has 0 radical (unpaired) electrons. The molecule has 0 saturated heterocycles. The Morgan fingerprint density at radius 3 is 2.95 bits per heavy atom. The maximum absolute atomic E-state index is 11.9. The van der Waals surface area contributed by atoms with Gasteiger partial charge in [0.25, 0.3) is 5.56 Å². The van der Waals surface area contributed by atoms with E-state index >= 15 is 0 Å². The van der Waals surface area contributed by atoms with Gasteiger partial charge in [0, 0.05) is 22.5 Å². The van der Waals surface area contributed by atoms with Gasteiger partial charge >= 0.3 is 0 Å². The highest BCUT2D eigenvalue weighted by molar-refractivity contribution is 9.10. The van der Waals surface area contributed by atoms with Crippen LogP contribution in [0.3, 0.4) is 0 Å². The number of halogens is 1. The minimum Gasteiger partial charge on any atom is -0.370 e. The van der Waals surface area contributed by atoms with Gasteiger partial charge in [0.1, 0.15) is 5.65 Å². The predicted molar refractivity (Wildman–Crippen MR) is 84.0 cm³/mol. The molecule has 7 nitrogen and oxygen atoms in total. The summed E-state index contributed by atoms with van der Waals surface area (Å²) in [5.74, 6) is 0.177. The third kappa shape index (κ3) is 3.58. The van der Waals surface area contributed by atoms with Gasteiger partial charge in [-0.05, 0) is 28.1 Å². The molecule has 0 aliphatic carbocycles. The Hall–Kier alpha value is -1.87. The number of fused-ring (bicyclic) bond motifs is 1.